The zero-order valence-electron chi connectivity index (χ0n) is 17.8. The van der Waals surface area contributed by atoms with Crippen LogP contribution in [0.5, 0.6) is 17.2 Å². The second-order valence-electron chi connectivity index (χ2n) is 7.38. The molecule has 0 unspecified atom stereocenters. The van der Waals surface area contributed by atoms with Crippen LogP contribution in [0, 0.1) is 0 Å². The van der Waals surface area contributed by atoms with Crippen LogP contribution < -0.4 is 9.47 Å². The standard InChI is InChI=1S/C25H21F3N2O3/c1-2-21-24(30-16-4-3-5-23(30)29-21)22(31)15-8-17-6-9-18(10-7-17)32-19-11-13-20(14-12-19)33-25(26,27)28/h3-7,9-14,16H,2,8,15H2,1H3. The number of carbonyl (C=O) groups excluding carboxylic acids is 1. The van der Waals surface area contributed by atoms with E-state index in [-0.39, 0.29) is 11.5 Å². The average Bonchev–Trinajstić information content (AvgIpc) is 3.17. The quantitative estimate of drug-likeness (QED) is 0.289. The molecule has 0 aliphatic rings. The van der Waals surface area contributed by atoms with E-state index in [1.165, 1.54) is 24.3 Å². The summed E-state index contributed by atoms with van der Waals surface area (Å²) < 4.78 is 48.1. The maximum Gasteiger partial charge on any atom is 0.573 e. The minimum atomic E-state index is -4.73. The third-order valence-corrected chi connectivity index (χ3v) is 5.06. The number of ether oxygens (including phenoxy) is 2. The van der Waals surface area contributed by atoms with Gasteiger partial charge in [-0.15, -0.1) is 13.2 Å². The summed E-state index contributed by atoms with van der Waals surface area (Å²) >= 11 is 0. The normalized spacial score (nSPS) is 11.5. The van der Waals surface area contributed by atoms with Gasteiger partial charge < -0.3 is 9.47 Å². The van der Waals surface area contributed by atoms with Crippen LogP contribution in [0.1, 0.15) is 35.1 Å². The molecule has 2 heterocycles. The van der Waals surface area contributed by atoms with E-state index in [4.69, 9.17) is 4.74 Å². The number of carbonyl (C=O) groups is 1. The second-order valence-corrected chi connectivity index (χ2v) is 7.38. The maximum absolute atomic E-state index is 12.9. The summed E-state index contributed by atoms with van der Waals surface area (Å²) in [6.07, 6.45) is -1.30. The van der Waals surface area contributed by atoms with Gasteiger partial charge in [-0.25, -0.2) is 4.98 Å². The van der Waals surface area contributed by atoms with Crippen molar-refractivity contribution in [2.24, 2.45) is 0 Å². The third kappa shape index (κ3) is 5.52. The van der Waals surface area contributed by atoms with Gasteiger partial charge in [0.25, 0.3) is 0 Å². The van der Waals surface area contributed by atoms with Crippen LogP contribution in [0.25, 0.3) is 5.65 Å². The molecule has 2 aromatic carbocycles. The van der Waals surface area contributed by atoms with Crippen molar-refractivity contribution in [1.29, 1.82) is 0 Å². The molecule has 4 aromatic rings. The van der Waals surface area contributed by atoms with Gasteiger partial charge in [0.2, 0.25) is 0 Å². The highest BCUT2D eigenvalue weighted by Crippen LogP contribution is 2.27. The number of hydrogen-bond acceptors (Lipinski definition) is 4. The number of hydrogen-bond donors (Lipinski definition) is 0. The predicted octanol–water partition coefficient (Wildman–Crippen LogP) is 6.40. The number of rotatable bonds is 8. The van der Waals surface area contributed by atoms with Crippen molar-refractivity contribution in [2.75, 3.05) is 0 Å². The minimum Gasteiger partial charge on any atom is -0.457 e. The van der Waals surface area contributed by atoms with E-state index in [1.54, 1.807) is 12.1 Å². The van der Waals surface area contributed by atoms with Gasteiger partial charge in [0.15, 0.2) is 5.78 Å². The van der Waals surface area contributed by atoms with E-state index < -0.39 is 6.36 Å². The van der Waals surface area contributed by atoms with Crippen LogP contribution in [-0.2, 0) is 12.8 Å². The Labute approximate surface area is 188 Å². The lowest BCUT2D eigenvalue weighted by Crippen LogP contribution is -2.16. The molecule has 0 spiro atoms. The van der Waals surface area contributed by atoms with Crippen molar-refractivity contribution in [3.05, 3.63) is 89.9 Å². The number of aryl methyl sites for hydroxylation is 2. The van der Waals surface area contributed by atoms with Crippen LogP contribution in [0.2, 0.25) is 0 Å². The Kier molecular flexibility index (Phi) is 6.35. The van der Waals surface area contributed by atoms with Gasteiger partial charge in [-0.1, -0.05) is 25.1 Å². The highest BCUT2D eigenvalue weighted by atomic mass is 19.4. The van der Waals surface area contributed by atoms with Gasteiger partial charge in [-0.3, -0.25) is 9.20 Å². The third-order valence-electron chi connectivity index (χ3n) is 5.06. The van der Waals surface area contributed by atoms with E-state index >= 15 is 0 Å². The first-order valence-electron chi connectivity index (χ1n) is 10.4. The molecule has 0 fully saturated rings. The molecule has 0 saturated carbocycles. The summed E-state index contributed by atoms with van der Waals surface area (Å²) in [5, 5.41) is 0. The lowest BCUT2D eigenvalue weighted by atomic mass is 10.0. The molecule has 0 N–H and O–H groups in total. The number of pyridine rings is 1. The molecular formula is C25H21F3N2O3. The van der Waals surface area contributed by atoms with Crippen LogP contribution in [-0.4, -0.2) is 21.5 Å². The molecule has 2 aromatic heterocycles. The van der Waals surface area contributed by atoms with E-state index in [2.05, 4.69) is 9.72 Å². The van der Waals surface area contributed by atoms with Crippen LogP contribution in [0.15, 0.2) is 72.9 Å². The zero-order valence-corrected chi connectivity index (χ0v) is 17.8. The van der Waals surface area contributed by atoms with Crippen molar-refractivity contribution in [3.63, 3.8) is 0 Å². The fourth-order valence-electron chi connectivity index (χ4n) is 3.53. The molecule has 170 valence electrons. The number of imidazole rings is 1. The Morgan fingerprint density at radius 2 is 1.58 bits per heavy atom. The molecule has 5 nitrogen and oxygen atoms in total. The smallest absolute Gasteiger partial charge is 0.457 e. The van der Waals surface area contributed by atoms with Crippen LogP contribution >= 0.6 is 0 Å². The van der Waals surface area contributed by atoms with E-state index in [0.717, 1.165) is 16.9 Å². The molecule has 0 aliphatic heterocycles. The Morgan fingerprint density at radius 1 is 0.939 bits per heavy atom. The number of alkyl halides is 3. The molecule has 4 rings (SSSR count). The van der Waals surface area contributed by atoms with E-state index in [9.17, 15) is 18.0 Å². The number of benzene rings is 2. The Morgan fingerprint density at radius 3 is 2.21 bits per heavy atom. The molecule has 0 radical (unpaired) electrons. The Balaban J connectivity index is 1.37. The van der Waals surface area contributed by atoms with Crippen molar-refractivity contribution < 1.29 is 27.4 Å². The number of nitrogens with zero attached hydrogens (tertiary/aromatic N) is 2. The molecule has 0 saturated heterocycles. The molecule has 0 amide bonds. The fourth-order valence-corrected chi connectivity index (χ4v) is 3.53. The lowest BCUT2D eigenvalue weighted by Gasteiger charge is -2.10. The number of fused-ring (bicyclic) bond motifs is 1. The van der Waals surface area contributed by atoms with Crippen molar-refractivity contribution in [1.82, 2.24) is 9.38 Å². The fraction of sp³-hybridized carbons (Fsp3) is 0.200. The first-order valence-corrected chi connectivity index (χ1v) is 10.4. The first kappa shape index (κ1) is 22.4. The average molecular weight is 454 g/mol. The number of halogens is 3. The van der Waals surface area contributed by atoms with Crippen LogP contribution in [0.3, 0.4) is 0 Å². The van der Waals surface area contributed by atoms with Crippen molar-refractivity contribution >= 4 is 11.4 Å². The summed E-state index contributed by atoms with van der Waals surface area (Å²) in [5.74, 6) is 0.635. The van der Waals surface area contributed by atoms with Gasteiger partial charge in [-0.2, -0.15) is 0 Å². The highest BCUT2D eigenvalue weighted by molar-refractivity contribution is 5.96. The SMILES string of the molecule is CCc1nc2ccccn2c1C(=O)CCc1ccc(Oc2ccc(OC(F)(F)F)cc2)cc1. The topological polar surface area (TPSA) is 52.8 Å². The number of Topliss-reactive ketones (excluding diaryl/α,β-unsaturated/α-hetero) is 1. The van der Waals surface area contributed by atoms with Crippen molar-refractivity contribution in [3.8, 4) is 17.2 Å². The maximum atomic E-state index is 12.9. The van der Waals surface area contributed by atoms with Gasteiger partial charge in [0.1, 0.15) is 28.6 Å². The highest BCUT2D eigenvalue weighted by Gasteiger charge is 2.31. The van der Waals surface area contributed by atoms with Gasteiger partial charge in [0, 0.05) is 12.6 Å². The molecule has 0 bridgehead atoms. The monoisotopic (exact) mass is 454 g/mol. The summed E-state index contributed by atoms with van der Waals surface area (Å²) in [5.41, 5.74) is 3.15. The van der Waals surface area contributed by atoms with E-state index in [1.807, 2.05) is 47.9 Å². The lowest BCUT2D eigenvalue weighted by molar-refractivity contribution is -0.274. The minimum absolute atomic E-state index is 0.0343. The Bertz CT molecular complexity index is 1250. The van der Waals surface area contributed by atoms with Gasteiger partial charge in [-0.05, 0) is 66.9 Å². The first-order chi connectivity index (χ1) is 15.8. The predicted molar refractivity (Wildman–Crippen MR) is 117 cm³/mol. The van der Waals surface area contributed by atoms with Gasteiger partial charge in [0.05, 0.1) is 5.69 Å². The zero-order chi connectivity index (χ0) is 23.4. The number of aromatic nitrogens is 2. The summed E-state index contributed by atoms with van der Waals surface area (Å²) in [6.45, 7) is 1.98. The summed E-state index contributed by atoms with van der Waals surface area (Å²) in [6, 6.07) is 18.1. The summed E-state index contributed by atoms with van der Waals surface area (Å²) in [7, 11) is 0. The Hall–Kier alpha value is -3.81. The molecule has 33 heavy (non-hydrogen) atoms. The largest absolute Gasteiger partial charge is 0.573 e. The van der Waals surface area contributed by atoms with Gasteiger partial charge >= 0.3 is 6.36 Å². The molecular weight excluding hydrogens is 433 g/mol. The van der Waals surface area contributed by atoms with Crippen molar-refractivity contribution in [2.45, 2.75) is 32.5 Å². The molecule has 0 aliphatic carbocycles. The number of ketones is 1. The summed E-state index contributed by atoms with van der Waals surface area (Å²) in [4.78, 5) is 17.5. The second kappa shape index (κ2) is 9.36. The van der Waals surface area contributed by atoms with E-state index in [0.29, 0.717) is 36.5 Å². The molecule has 0 atom stereocenters. The van der Waals surface area contributed by atoms with Crippen LogP contribution in [0.4, 0.5) is 13.2 Å². The molecule has 8 heteroatoms.